The Morgan fingerprint density at radius 1 is 1.00 bits per heavy atom. The summed E-state index contributed by atoms with van der Waals surface area (Å²) in [7, 11) is 1.66. The van der Waals surface area contributed by atoms with E-state index in [2.05, 4.69) is 32.1 Å². The van der Waals surface area contributed by atoms with Gasteiger partial charge in [-0.3, -0.25) is 0 Å². The molecule has 0 aliphatic carbocycles. The molecule has 6 nitrogen and oxygen atoms in total. The molecule has 0 fully saturated rings. The third-order valence-electron chi connectivity index (χ3n) is 4.96. The number of hydrogen-bond donors (Lipinski definition) is 2. The van der Waals surface area contributed by atoms with Gasteiger partial charge < -0.3 is 19.4 Å². The Bertz CT molecular complexity index is 1260. The lowest BCUT2D eigenvalue weighted by atomic mass is 10.0. The number of aromatic nitrogens is 4. The highest BCUT2D eigenvalue weighted by Gasteiger charge is 2.10. The number of pyridine rings is 1. The van der Waals surface area contributed by atoms with Crippen molar-refractivity contribution in [2.24, 2.45) is 0 Å². The largest absolute Gasteiger partial charge is 0.493 e. The van der Waals surface area contributed by atoms with Gasteiger partial charge >= 0.3 is 0 Å². The molecule has 0 radical (unpaired) electrons. The molecule has 0 aliphatic heterocycles. The first-order valence-corrected chi connectivity index (χ1v) is 9.44. The van der Waals surface area contributed by atoms with Gasteiger partial charge in [-0.1, -0.05) is 18.2 Å². The van der Waals surface area contributed by atoms with E-state index in [0.29, 0.717) is 18.1 Å². The van der Waals surface area contributed by atoms with E-state index in [9.17, 15) is 0 Å². The molecule has 3 aromatic heterocycles. The van der Waals surface area contributed by atoms with Crippen molar-refractivity contribution >= 4 is 22.1 Å². The Morgan fingerprint density at radius 3 is 2.83 bits per heavy atom. The van der Waals surface area contributed by atoms with Crippen molar-refractivity contribution in [3.05, 3.63) is 83.9 Å². The number of fused-ring (bicyclic) bond motifs is 2. The van der Waals surface area contributed by atoms with Crippen molar-refractivity contribution in [3.63, 3.8) is 0 Å². The van der Waals surface area contributed by atoms with Crippen molar-refractivity contribution in [2.75, 3.05) is 7.11 Å². The summed E-state index contributed by atoms with van der Waals surface area (Å²) in [5, 5.41) is 1.14. The van der Waals surface area contributed by atoms with Crippen molar-refractivity contribution in [1.29, 1.82) is 0 Å². The SMILES string of the molecule is COc1cc(Cc2c[nH]c3ncccc23)ccc1OCc1nc2ccccc2[nH]1. The second-order valence-corrected chi connectivity index (χ2v) is 6.86. The predicted molar refractivity (Wildman–Crippen MR) is 112 cm³/mol. The summed E-state index contributed by atoms with van der Waals surface area (Å²) in [6, 6.07) is 18.0. The molecule has 0 saturated carbocycles. The summed E-state index contributed by atoms with van der Waals surface area (Å²) < 4.78 is 11.5. The molecule has 29 heavy (non-hydrogen) atoms. The van der Waals surface area contributed by atoms with Gasteiger partial charge in [-0.05, 0) is 53.9 Å². The Labute approximate surface area is 167 Å². The number of hydrogen-bond acceptors (Lipinski definition) is 4. The van der Waals surface area contributed by atoms with Gasteiger partial charge in [-0.2, -0.15) is 0 Å². The maximum absolute atomic E-state index is 5.97. The van der Waals surface area contributed by atoms with Crippen molar-refractivity contribution in [1.82, 2.24) is 19.9 Å². The minimum Gasteiger partial charge on any atom is -0.493 e. The number of para-hydroxylation sites is 2. The van der Waals surface area contributed by atoms with Gasteiger partial charge in [0.2, 0.25) is 0 Å². The Balaban J connectivity index is 1.34. The van der Waals surface area contributed by atoms with Crippen LogP contribution in [-0.4, -0.2) is 27.0 Å². The maximum Gasteiger partial charge on any atom is 0.161 e. The maximum atomic E-state index is 5.97. The van der Waals surface area contributed by atoms with Crippen LogP contribution >= 0.6 is 0 Å². The summed E-state index contributed by atoms with van der Waals surface area (Å²) >= 11 is 0. The number of nitrogens with one attached hydrogen (secondary N) is 2. The molecule has 6 heteroatoms. The molecule has 0 aliphatic rings. The van der Waals surface area contributed by atoms with Crippen molar-refractivity contribution in [3.8, 4) is 11.5 Å². The molecule has 0 unspecified atom stereocenters. The zero-order valence-corrected chi connectivity index (χ0v) is 16.0. The lowest BCUT2D eigenvalue weighted by molar-refractivity contribution is 0.277. The minimum absolute atomic E-state index is 0.346. The standard InChI is InChI=1S/C23H20N4O2/c1-28-21-12-15(11-16-13-25-23-17(16)5-4-10-24-23)8-9-20(21)29-14-22-26-18-6-2-3-7-19(18)27-22/h2-10,12-13H,11,14H2,1H3,(H,24,25)(H,26,27). The number of imidazole rings is 1. The van der Waals surface area contributed by atoms with Gasteiger partial charge in [0.25, 0.3) is 0 Å². The van der Waals surface area contributed by atoms with Gasteiger partial charge in [-0.15, -0.1) is 0 Å². The lowest BCUT2D eigenvalue weighted by Crippen LogP contribution is -2.00. The van der Waals surface area contributed by atoms with Gasteiger partial charge in [0, 0.05) is 17.8 Å². The normalized spacial score (nSPS) is 11.2. The molecule has 144 valence electrons. The first kappa shape index (κ1) is 17.3. The molecule has 0 atom stereocenters. The molecular weight excluding hydrogens is 364 g/mol. The van der Waals surface area contributed by atoms with Gasteiger partial charge in [0.05, 0.1) is 18.1 Å². The van der Waals surface area contributed by atoms with Crippen molar-refractivity contribution in [2.45, 2.75) is 13.0 Å². The van der Waals surface area contributed by atoms with Crippen LogP contribution in [0, 0.1) is 0 Å². The number of H-pyrrole nitrogens is 2. The van der Waals surface area contributed by atoms with Gasteiger partial charge in [0.15, 0.2) is 11.5 Å². The smallest absolute Gasteiger partial charge is 0.161 e. The van der Waals surface area contributed by atoms with Crippen molar-refractivity contribution < 1.29 is 9.47 Å². The van der Waals surface area contributed by atoms with Crippen LogP contribution < -0.4 is 9.47 Å². The van der Waals surface area contributed by atoms with Crippen LogP contribution in [0.15, 0.2) is 67.0 Å². The monoisotopic (exact) mass is 384 g/mol. The van der Waals surface area contributed by atoms with E-state index in [4.69, 9.17) is 9.47 Å². The highest BCUT2D eigenvalue weighted by molar-refractivity contribution is 5.79. The number of ether oxygens (including phenoxy) is 2. The molecule has 0 bridgehead atoms. The molecular formula is C23H20N4O2. The number of methoxy groups -OCH3 is 1. The fourth-order valence-corrected chi connectivity index (χ4v) is 3.54. The summed E-state index contributed by atoms with van der Waals surface area (Å²) in [6.45, 7) is 0.346. The van der Waals surface area contributed by atoms with Crippen LogP contribution in [0.2, 0.25) is 0 Å². The van der Waals surface area contributed by atoms with Crippen LogP contribution in [0.1, 0.15) is 17.0 Å². The second-order valence-electron chi connectivity index (χ2n) is 6.86. The molecule has 5 aromatic rings. The molecule has 2 N–H and O–H groups in total. The predicted octanol–water partition coefficient (Wildman–Crippen LogP) is 4.62. The highest BCUT2D eigenvalue weighted by Crippen LogP contribution is 2.30. The zero-order chi connectivity index (χ0) is 19.6. The first-order valence-electron chi connectivity index (χ1n) is 9.44. The number of rotatable bonds is 6. The average molecular weight is 384 g/mol. The van der Waals surface area contributed by atoms with Gasteiger partial charge in [-0.25, -0.2) is 9.97 Å². The summed E-state index contributed by atoms with van der Waals surface area (Å²) in [4.78, 5) is 15.4. The van der Waals surface area contributed by atoms with Gasteiger partial charge in [0.1, 0.15) is 18.1 Å². The summed E-state index contributed by atoms with van der Waals surface area (Å²) in [6.07, 6.45) is 4.59. The van der Waals surface area contributed by atoms with Crippen LogP contribution in [0.25, 0.3) is 22.1 Å². The second kappa shape index (κ2) is 7.31. The summed E-state index contributed by atoms with van der Waals surface area (Å²) in [5.74, 6) is 2.18. The third-order valence-corrected chi connectivity index (χ3v) is 4.96. The topological polar surface area (TPSA) is 75.8 Å². The van der Waals surface area contributed by atoms with Crippen LogP contribution in [0.4, 0.5) is 0 Å². The van der Waals surface area contributed by atoms with E-state index in [1.54, 1.807) is 13.3 Å². The van der Waals surface area contributed by atoms with E-state index in [1.807, 2.05) is 48.7 Å². The molecule has 2 aromatic carbocycles. The number of benzene rings is 2. The fourth-order valence-electron chi connectivity index (χ4n) is 3.54. The Hall–Kier alpha value is -3.80. The molecule has 0 amide bonds. The minimum atomic E-state index is 0.346. The molecule has 0 saturated heterocycles. The van der Waals surface area contributed by atoms with E-state index in [1.165, 1.54) is 5.56 Å². The quantitative estimate of drug-likeness (QED) is 0.448. The third kappa shape index (κ3) is 3.40. The highest BCUT2D eigenvalue weighted by atomic mass is 16.5. The van der Waals surface area contributed by atoms with Crippen LogP contribution in [0.3, 0.4) is 0 Å². The lowest BCUT2D eigenvalue weighted by Gasteiger charge is -2.11. The Morgan fingerprint density at radius 2 is 1.93 bits per heavy atom. The van der Waals surface area contributed by atoms with E-state index < -0.39 is 0 Å². The van der Waals surface area contributed by atoms with Crippen LogP contribution in [0.5, 0.6) is 11.5 Å². The zero-order valence-electron chi connectivity index (χ0n) is 16.0. The molecule has 0 spiro atoms. The van der Waals surface area contributed by atoms with E-state index >= 15 is 0 Å². The molecule has 3 heterocycles. The average Bonchev–Trinajstić information content (AvgIpc) is 3.36. The molecule has 5 rings (SSSR count). The summed E-state index contributed by atoms with van der Waals surface area (Å²) in [5.41, 5.74) is 5.18. The number of nitrogens with zero attached hydrogens (tertiary/aromatic N) is 2. The Kier molecular flexibility index (Phi) is 4.37. The first-order chi connectivity index (χ1) is 14.3. The van der Waals surface area contributed by atoms with E-state index in [0.717, 1.165) is 39.9 Å². The fraction of sp³-hybridized carbons (Fsp3) is 0.130. The van der Waals surface area contributed by atoms with E-state index in [-0.39, 0.29) is 0 Å². The van der Waals surface area contributed by atoms with Crippen LogP contribution in [-0.2, 0) is 13.0 Å². The number of aromatic amines is 2.